The highest BCUT2D eigenvalue weighted by Crippen LogP contribution is 2.36. The summed E-state index contributed by atoms with van der Waals surface area (Å²) < 4.78 is 11.0. The molecule has 162 valence electrons. The van der Waals surface area contributed by atoms with E-state index in [2.05, 4.69) is 9.97 Å². The third-order valence-corrected chi connectivity index (χ3v) is 5.04. The third-order valence-electron chi connectivity index (χ3n) is 5.04. The van der Waals surface area contributed by atoms with Gasteiger partial charge in [0, 0.05) is 24.8 Å². The second kappa shape index (κ2) is 7.97. The van der Waals surface area contributed by atoms with Gasteiger partial charge in [0.2, 0.25) is 5.88 Å². The molecule has 0 spiro atoms. The zero-order chi connectivity index (χ0) is 22.1. The van der Waals surface area contributed by atoms with Crippen LogP contribution < -0.4 is 25.0 Å². The predicted octanol–water partition coefficient (Wildman–Crippen LogP) is 0.433. The first-order valence-electron chi connectivity index (χ1n) is 9.42. The van der Waals surface area contributed by atoms with Crippen molar-refractivity contribution in [3.63, 3.8) is 0 Å². The van der Waals surface area contributed by atoms with Gasteiger partial charge in [0.05, 0.1) is 19.3 Å². The number of benzene rings is 1. The molecule has 0 saturated carbocycles. The molecule has 12 heteroatoms. The molecule has 31 heavy (non-hydrogen) atoms. The molecule has 1 aromatic heterocycles. The van der Waals surface area contributed by atoms with E-state index >= 15 is 0 Å². The van der Waals surface area contributed by atoms with Gasteiger partial charge in [0.1, 0.15) is 36.6 Å². The van der Waals surface area contributed by atoms with Crippen LogP contribution in [-0.2, 0) is 4.79 Å². The number of anilines is 3. The molecule has 2 aliphatic rings. The summed E-state index contributed by atoms with van der Waals surface area (Å²) >= 11 is 0. The number of carbonyl (C=O) groups is 3. The van der Waals surface area contributed by atoms with Gasteiger partial charge in [-0.25, -0.2) is 14.8 Å². The highest BCUT2D eigenvalue weighted by Gasteiger charge is 2.33. The molecule has 4 rings (SSSR count). The van der Waals surface area contributed by atoms with E-state index in [1.165, 1.54) is 28.1 Å². The van der Waals surface area contributed by atoms with Gasteiger partial charge in [-0.15, -0.1) is 0 Å². The van der Waals surface area contributed by atoms with Gasteiger partial charge in [0.15, 0.2) is 0 Å². The number of aromatic nitrogens is 2. The number of nitrogens with zero attached hydrogens (tertiary/aromatic N) is 5. The van der Waals surface area contributed by atoms with E-state index < -0.39 is 17.9 Å². The minimum absolute atomic E-state index is 0.0201. The fraction of sp³-hybridized carbons (Fsp3) is 0.316. The topological polar surface area (TPSA) is 151 Å². The summed E-state index contributed by atoms with van der Waals surface area (Å²) in [4.78, 5) is 48.7. The molecule has 12 nitrogen and oxygen atoms in total. The Hall–Kier alpha value is -4.09. The highest BCUT2D eigenvalue weighted by atomic mass is 16.5. The van der Waals surface area contributed by atoms with E-state index in [0.717, 1.165) is 0 Å². The Morgan fingerprint density at radius 2 is 2.03 bits per heavy atom. The van der Waals surface area contributed by atoms with Crippen LogP contribution in [0.4, 0.5) is 22.0 Å². The number of hydrogen-bond donors (Lipinski definition) is 2. The van der Waals surface area contributed by atoms with Crippen molar-refractivity contribution in [1.82, 2.24) is 14.9 Å². The van der Waals surface area contributed by atoms with Crippen LogP contribution in [0.5, 0.6) is 11.6 Å². The average molecular weight is 428 g/mol. The van der Waals surface area contributed by atoms with E-state index in [-0.39, 0.29) is 43.5 Å². The number of carboxylic acids is 1. The Kier molecular flexibility index (Phi) is 5.19. The Labute approximate surface area is 176 Å². The van der Waals surface area contributed by atoms with Crippen LogP contribution in [0, 0.1) is 0 Å². The maximum atomic E-state index is 13.1. The lowest BCUT2D eigenvalue weighted by Gasteiger charge is -2.24. The van der Waals surface area contributed by atoms with Crippen LogP contribution in [0.2, 0.25) is 0 Å². The number of amides is 3. The minimum atomic E-state index is -1.08. The van der Waals surface area contributed by atoms with Crippen molar-refractivity contribution in [2.24, 2.45) is 0 Å². The molecule has 3 heterocycles. The van der Waals surface area contributed by atoms with Gasteiger partial charge in [-0.2, -0.15) is 0 Å². The summed E-state index contributed by atoms with van der Waals surface area (Å²) in [5.74, 6) is -0.983. The summed E-state index contributed by atoms with van der Waals surface area (Å²) in [5.41, 5.74) is 6.95. The van der Waals surface area contributed by atoms with Crippen LogP contribution in [0.3, 0.4) is 0 Å². The number of ether oxygens (including phenoxy) is 2. The van der Waals surface area contributed by atoms with E-state index in [4.69, 9.17) is 20.3 Å². The molecule has 0 radical (unpaired) electrons. The van der Waals surface area contributed by atoms with Crippen molar-refractivity contribution < 1.29 is 29.0 Å². The van der Waals surface area contributed by atoms with Crippen LogP contribution in [0.25, 0.3) is 0 Å². The van der Waals surface area contributed by atoms with Crippen LogP contribution in [0.15, 0.2) is 24.5 Å². The van der Waals surface area contributed by atoms with Crippen LogP contribution in [0.1, 0.15) is 10.4 Å². The van der Waals surface area contributed by atoms with Gasteiger partial charge in [-0.1, -0.05) is 0 Å². The number of urea groups is 1. The van der Waals surface area contributed by atoms with Crippen LogP contribution >= 0.6 is 0 Å². The molecule has 1 fully saturated rings. The van der Waals surface area contributed by atoms with Crippen molar-refractivity contribution >= 4 is 35.1 Å². The van der Waals surface area contributed by atoms with Gasteiger partial charge in [0.25, 0.3) is 5.91 Å². The first-order chi connectivity index (χ1) is 14.9. The molecular weight excluding hydrogens is 408 g/mol. The molecule has 1 aromatic carbocycles. The number of fused-ring (bicyclic) bond motifs is 1. The second-order valence-electron chi connectivity index (χ2n) is 6.85. The maximum Gasteiger partial charge on any atom is 0.325 e. The quantitative estimate of drug-likeness (QED) is 0.691. The van der Waals surface area contributed by atoms with Gasteiger partial charge >= 0.3 is 12.0 Å². The van der Waals surface area contributed by atoms with Gasteiger partial charge in [-0.3, -0.25) is 14.5 Å². The van der Waals surface area contributed by atoms with E-state index in [9.17, 15) is 14.4 Å². The molecule has 2 aliphatic heterocycles. The van der Waals surface area contributed by atoms with Gasteiger partial charge < -0.3 is 30.1 Å². The number of rotatable bonds is 5. The SMILES string of the molecule is COc1cc(N2CCOc3ncnc(N)c3C2=O)ccc1N1CCN(CC(=O)O)C1=O. The summed E-state index contributed by atoms with van der Waals surface area (Å²) in [5, 5.41) is 8.96. The van der Waals surface area contributed by atoms with Crippen molar-refractivity contribution in [1.29, 1.82) is 0 Å². The van der Waals surface area contributed by atoms with E-state index in [1.807, 2.05) is 0 Å². The van der Waals surface area contributed by atoms with Gasteiger partial charge in [-0.05, 0) is 12.1 Å². The third kappa shape index (κ3) is 3.63. The fourth-order valence-electron chi connectivity index (χ4n) is 3.58. The Bertz CT molecular complexity index is 1060. The maximum absolute atomic E-state index is 13.1. The summed E-state index contributed by atoms with van der Waals surface area (Å²) in [6.07, 6.45) is 1.23. The average Bonchev–Trinajstić information content (AvgIpc) is 2.99. The molecule has 3 amide bonds. The monoisotopic (exact) mass is 428 g/mol. The highest BCUT2D eigenvalue weighted by molar-refractivity contribution is 6.11. The smallest absolute Gasteiger partial charge is 0.325 e. The standard InChI is InChI=1S/C19H20N6O6/c1-30-13-8-11(2-3-12(13)25-5-4-23(19(25)29)9-14(26)27)24-6-7-31-17-15(18(24)28)16(20)21-10-22-17/h2-3,8,10H,4-7,9H2,1H3,(H,26,27)(H2,20,21,22). The Morgan fingerprint density at radius 1 is 1.23 bits per heavy atom. The normalized spacial score (nSPS) is 16.1. The zero-order valence-corrected chi connectivity index (χ0v) is 16.6. The summed E-state index contributed by atoms with van der Waals surface area (Å²) in [6.45, 7) is 0.675. The number of nitrogens with two attached hydrogens (primary N) is 1. The van der Waals surface area contributed by atoms with Crippen LogP contribution in [-0.4, -0.2) is 77.8 Å². The van der Waals surface area contributed by atoms with Crippen molar-refractivity contribution in [2.75, 3.05) is 55.4 Å². The lowest BCUT2D eigenvalue weighted by Crippen LogP contribution is -2.35. The lowest BCUT2D eigenvalue weighted by atomic mass is 10.2. The van der Waals surface area contributed by atoms with E-state index in [1.54, 1.807) is 18.2 Å². The number of methoxy groups -OCH3 is 1. The Morgan fingerprint density at radius 3 is 2.77 bits per heavy atom. The number of aliphatic carboxylic acids is 1. The first kappa shape index (κ1) is 20.2. The minimum Gasteiger partial charge on any atom is -0.494 e. The molecule has 0 atom stereocenters. The van der Waals surface area contributed by atoms with Crippen molar-refractivity contribution in [2.45, 2.75) is 0 Å². The summed E-state index contributed by atoms with van der Waals surface area (Å²) in [7, 11) is 1.45. The second-order valence-corrected chi connectivity index (χ2v) is 6.85. The molecule has 0 unspecified atom stereocenters. The number of carbonyl (C=O) groups excluding carboxylic acids is 2. The molecule has 2 aromatic rings. The van der Waals surface area contributed by atoms with Crippen molar-refractivity contribution in [3.05, 3.63) is 30.1 Å². The lowest BCUT2D eigenvalue weighted by molar-refractivity contribution is -0.137. The number of nitrogen functional groups attached to an aromatic ring is 1. The molecule has 1 saturated heterocycles. The summed E-state index contributed by atoms with van der Waals surface area (Å²) in [6, 6.07) is 4.53. The first-order valence-corrected chi connectivity index (χ1v) is 9.42. The molecule has 0 bridgehead atoms. The number of carboxylic acid groups (broad SMARTS) is 1. The molecule has 0 aliphatic carbocycles. The predicted molar refractivity (Wildman–Crippen MR) is 109 cm³/mol. The van der Waals surface area contributed by atoms with E-state index in [0.29, 0.717) is 23.7 Å². The Balaban J connectivity index is 1.64. The zero-order valence-electron chi connectivity index (χ0n) is 16.6. The fourth-order valence-corrected chi connectivity index (χ4v) is 3.58. The molecule has 3 N–H and O–H groups in total. The molecular formula is C19H20N6O6. The van der Waals surface area contributed by atoms with Crippen molar-refractivity contribution in [3.8, 4) is 11.6 Å². The largest absolute Gasteiger partial charge is 0.494 e. The number of hydrogen-bond acceptors (Lipinski definition) is 8.